The quantitative estimate of drug-likeness (QED) is 0.183. The highest BCUT2D eigenvalue weighted by Crippen LogP contribution is 2.30. The van der Waals surface area contributed by atoms with Gasteiger partial charge in [0, 0.05) is 24.4 Å². The number of halogens is 2. The molecule has 0 spiro atoms. The van der Waals surface area contributed by atoms with Crippen molar-refractivity contribution in [1.29, 1.82) is 0 Å². The Kier molecular flexibility index (Phi) is 8.01. The smallest absolute Gasteiger partial charge is 0.269 e. The minimum atomic E-state index is -0.566. The van der Waals surface area contributed by atoms with Gasteiger partial charge >= 0.3 is 0 Å². The van der Waals surface area contributed by atoms with Crippen molar-refractivity contribution in [2.24, 2.45) is 0 Å². The zero-order valence-electron chi connectivity index (χ0n) is 17.4. The number of nitro groups is 1. The van der Waals surface area contributed by atoms with Crippen molar-refractivity contribution in [2.75, 3.05) is 11.1 Å². The molecule has 33 heavy (non-hydrogen) atoms. The van der Waals surface area contributed by atoms with E-state index in [2.05, 4.69) is 22.1 Å². The number of amides is 1. The Hall–Kier alpha value is -3.44. The molecule has 0 radical (unpaired) electrons. The zero-order chi connectivity index (χ0) is 24.0. The molecule has 3 rings (SSSR count). The molecule has 0 aliphatic carbocycles. The summed E-state index contributed by atoms with van der Waals surface area (Å²) in [5, 5.41) is 22.3. The summed E-state index contributed by atoms with van der Waals surface area (Å²) in [6, 6.07) is 9.36. The molecule has 1 heterocycles. The number of nitro benzene ring substituents is 1. The fourth-order valence-corrected chi connectivity index (χ4v) is 3.78. The topological polar surface area (TPSA) is 112 Å². The first-order valence-corrected chi connectivity index (χ1v) is 11.0. The number of non-ortho nitro benzene ring substituents is 1. The summed E-state index contributed by atoms with van der Waals surface area (Å²) in [7, 11) is 0. The first-order chi connectivity index (χ1) is 15.8. The Morgan fingerprint density at radius 1 is 1.36 bits per heavy atom. The van der Waals surface area contributed by atoms with Crippen LogP contribution in [0.15, 0.2) is 60.3 Å². The number of thioether (sulfide) groups is 1. The van der Waals surface area contributed by atoms with Crippen molar-refractivity contribution in [2.45, 2.75) is 24.7 Å². The van der Waals surface area contributed by atoms with Crippen molar-refractivity contribution in [1.82, 2.24) is 14.8 Å². The van der Waals surface area contributed by atoms with E-state index in [1.165, 1.54) is 36.4 Å². The minimum Gasteiger partial charge on any atom is -0.481 e. The van der Waals surface area contributed by atoms with Crippen LogP contribution in [0.25, 0.3) is 0 Å². The van der Waals surface area contributed by atoms with E-state index in [9.17, 15) is 19.3 Å². The monoisotopic (exact) mass is 491 g/mol. The average Bonchev–Trinajstić information content (AvgIpc) is 3.17. The molecule has 0 aliphatic heterocycles. The Morgan fingerprint density at radius 3 is 2.73 bits per heavy atom. The molecule has 12 heteroatoms. The molecule has 0 bridgehead atoms. The molecule has 9 nitrogen and oxygen atoms in total. The predicted octanol–water partition coefficient (Wildman–Crippen LogP) is 5.04. The van der Waals surface area contributed by atoms with Gasteiger partial charge in [-0.05, 0) is 37.3 Å². The number of rotatable bonds is 10. The van der Waals surface area contributed by atoms with Crippen LogP contribution in [0.4, 0.5) is 15.8 Å². The van der Waals surface area contributed by atoms with Crippen LogP contribution in [0.5, 0.6) is 5.75 Å². The number of benzene rings is 2. The van der Waals surface area contributed by atoms with Crippen LogP contribution in [0.1, 0.15) is 18.9 Å². The van der Waals surface area contributed by atoms with Crippen LogP contribution in [0.2, 0.25) is 5.02 Å². The molecule has 0 aliphatic rings. The largest absolute Gasteiger partial charge is 0.481 e. The van der Waals surface area contributed by atoms with Gasteiger partial charge in [0.05, 0.1) is 15.7 Å². The Balaban J connectivity index is 1.66. The molecule has 0 fully saturated rings. The van der Waals surface area contributed by atoms with Crippen LogP contribution < -0.4 is 10.1 Å². The number of aromatic nitrogens is 3. The normalized spacial score (nSPS) is 11.6. The van der Waals surface area contributed by atoms with Gasteiger partial charge in [0.2, 0.25) is 5.91 Å². The molecular formula is C21H19ClFN5O4S. The maximum atomic E-state index is 13.3. The first-order valence-electron chi connectivity index (χ1n) is 9.61. The summed E-state index contributed by atoms with van der Waals surface area (Å²) in [6.07, 6.45) is 1.09. The van der Waals surface area contributed by atoms with Crippen LogP contribution in [-0.2, 0) is 11.3 Å². The van der Waals surface area contributed by atoms with Gasteiger partial charge < -0.3 is 10.1 Å². The molecule has 1 amide bonds. The molecule has 1 N–H and O–H groups in total. The lowest BCUT2D eigenvalue weighted by Gasteiger charge is -2.16. The van der Waals surface area contributed by atoms with Gasteiger partial charge in [0.15, 0.2) is 17.1 Å². The molecule has 0 saturated carbocycles. The summed E-state index contributed by atoms with van der Waals surface area (Å²) < 4.78 is 20.8. The van der Waals surface area contributed by atoms with Gasteiger partial charge in [-0.3, -0.25) is 19.5 Å². The first kappa shape index (κ1) is 24.2. The van der Waals surface area contributed by atoms with Crippen molar-refractivity contribution < 1.29 is 18.8 Å². The molecule has 172 valence electrons. The highest BCUT2D eigenvalue weighted by Gasteiger charge is 2.21. The van der Waals surface area contributed by atoms with E-state index in [4.69, 9.17) is 16.3 Å². The van der Waals surface area contributed by atoms with Crippen molar-refractivity contribution in [3.05, 3.63) is 81.9 Å². The van der Waals surface area contributed by atoms with E-state index >= 15 is 0 Å². The molecule has 3 aromatic rings. The van der Waals surface area contributed by atoms with Crippen LogP contribution in [0.3, 0.4) is 0 Å². The van der Waals surface area contributed by atoms with E-state index < -0.39 is 16.8 Å². The average molecular weight is 492 g/mol. The highest BCUT2D eigenvalue weighted by atomic mass is 35.5. The maximum absolute atomic E-state index is 13.3. The van der Waals surface area contributed by atoms with Crippen molar-refractivity contribution >= 4 is 40.6 Å². The summed E-state index contributed by atoms with van der Waals surface area (Å²) in [5.74, 6) is 0.0288. The number of anilines is 1. The lowest BCUT2D eigenvalue weighted by molar-refractivity contribution is -0.384. The van der Waals surface area contributed by atoms with E-state index in [1.807, 2.05) is 0 Å². The lowest BCUT2D eigenvalue weighted by Crippen LogP contribution is -2.15. The molecule has 0 saturated heterocycles. The Bertz CT molecular complexity index is 1170. The number of carbonyl (C=O) groups is 1. The third-order valence-electron chi connectivity index (χ3n) is 4.31. The number of nitrogens with zero attached hydrogens (tertiary/aromatic N) is 4. The zero-order valence-corrected chi connectivity index (χ0v) is 19.0. The standard InChI is InChI=1S/C21H19ClFN5O4S/c1-3-10-27-20(13(2)32-18-9-4-14(23)11-17(18)22)25-26-21(27)33-12-19(29)24-15-5-7-16(8-6-15)28(30)31/h3-9,11,13H,1,10,12H2,2H3,(H,24,29). The third kappa shape index (κ3) is 6.30. The SMILES string of the molecule is C=CCn1c(SCC(=O)Nc2ccc([N+](=O)[O-])cc2)nnc1C(C)Oc1ccc(F)cc1Cl. The number of carbonyl (C=O) groups excluding carboxylic acids is 1. The second-order valence-corrected chi connectivity index (χ2v) is 8.07. The van der Waals surface area contributed by atoms with Crippen LogP contribution in [0, 0.1) is 15.9 Å². The fraction of sp³-hybridized carbons (Fsp3) is 0.190. The summed E-state index contributed by atoms with van der Waals surface area (Å²) in [6.45, 7) is 5.86. The predicted molar refractivity (Wildman–Crippen MR) is 123 cm³/mol. The number of nitrogens with one attached hydrogen (secondary N) is 1. The summed E-state index contributed by atoms with van der Waals surface area (Å²) >= 11 is 7.20. The number of ether oxygens (including phenoxy) is 1. The van der Waals surface area contributed by atoms with Gasteiger partial charge in [-0.15, -0.1) is 16.8 Å². The number of allylic oxidation sites excluding steroid dienone is 1. The van der Waals surface area contributed by atoms with Crippen molar-refractivity contribution in [3.63, 3.8) is 0 Å². The van der Waals surface area contributed by atoms with Gasteiger partial charge in [-0.1, -0.05) is 29.4 Å². The fourth-order valence-electron chi connectivity index (χ4n) is 2.82. The Morgan fingerprint density at radius 2 is 2.09 bits per heavy atom. The molecular weight excluding hydrogens is 473 g/mol. The van der Waals surface area contributed by atoms with E-state index in [0.29, 0.717) is 29.0 Å². The van der Waals surface area contributed by atoms with E-state index in [-0.39, 0.29) is 22.4 Å². The third-order valence-corrected chi connectivity index (χ3v) is 5.57. The molecule has 1 unspecified atom stereocenters. The lowest BCUT2D eigenvalue weighted by atomic mass is 10.3. The maximum Gasteiger partial charge on any atom is 0.269 e. The summed E-state index contributed by atoms with van der Waals surface area (Å²) in [4.78, 5) is 22.5. The van der Waals surface area contributed by atoms with Gasteiger partial charge in [-0.25, -0.2) is 4.39 Å². The van der Waals surface area contributed by atoms with Gasteiger partial charge in [-0.2, -0.15) is 0 Å². The number of hydrogen-bond acceptors (Lipinski definition) is 7. The van der Waals surface area contributed by atoms with E-state index in [1.54, 1.807) is 17.6 Å². The Labute approximate surface area is 197 Å². The van der Waals surface area contributed by atoms with E-state index in [0.717, 1.165) is 17.8 Å². The van der Waals surface area contributed by atoms with Gasteiger partial charge in [0.25, 0.3) is 5.69 Å². The highest BCUT2D eigenvalue weighted by molar-refractivity contribution is 7.99. The second-order valence-electron chi connectivity index (χ2n) is 6.72. The van der Waals surface area contributed by atoms with Crippen LogP contribution in [-0.4, -0.2) is 31.3 Å². The number of hydrogen-bond donors (Lipinski definition) is 1. The van der Waals surface area contributed by atoms with Crippen molar-refractivity contribution in [3.8, 4) is 5.75 Å². The minimum absolute atomic E-state index is 0.0330. The summed E-state index contributed by atoms with van der Waals surface area (Å²) in [5.41, 5.74) is 0.378. The van der Waals surface area contributed by atoms with Gasteiger partial charge in [0.1, 0.15) is 11.6 Å². The molecule has 2 aromatic carbocycles. The molecule has 1 aromatic heterocycles. The molecule has 1 atom stereocenters. The second kappa shape index (κ2) is 10.9. The van der Waals surface area contributed by atoms with Crippen LogP contribution >= 0.6 is 23.4 Å².